The van der Waals surface area contributed by atoms with E-state index in [9.17, 15) is 4.79 Å². The number of hydrogen-bond donors (Lipinski definition) is 1. The number of fused-ring (bicyclic) bond motifs is 1. The summed E-state index contributed by atoms with van der Waals surface area (Å²) in [6.45, 7) is 0.702. The Kier molecular flexibility index (Phi) is 5.42. The van der Waals surface area contributed by atoms with Crippen LogP contribution >= 0.6 is 0 Å². The molecule has 4 rings (SSSR count). The Hall–Kier alpha value is -3.80. The van der Waals surface area contributed by atoms with Crippen molar-refractivity contribution in [3.63, 3.8) is 0 Å². The summed E-state index contributed by atoms with van der Waals surface area (Å²) >= 11 is 0. The van der Waals surface area contributed by atoms with E-state index in [-0.39, 0.29) is 12.5 Å². The quantitative estimate of drug-likeness (QED) is 0.523. The molecule has 0 atom stereocenters. The normalized spacial score (nSPS) is 10.7. The number of imidazole rings is 1. The fourth-order valence-corrected chi connectivity index (χ4v) is 3.01. The number of carbonyl (C=O) groups excluding carboxylic acids is 1. The Bertz CT molecular complexity index is 1090. The van der Waals surface area contributed by atoms with Crippen LogP contribution in [0.2, 0.25) is 0 Å². The first kappa shape index (κ1) is 18.6. The van der Waals surface area contributed by atoms with Crippen LogP contribution in [0.4, 0.5) is 0 Å². The maximum Gasteiger partial charge on any atom is 0.255 e. The van der Waals surface area contributed by atoms with Crippen LogP contribution in [0, 0.1) is 0 Å². The Balaban J connectivity index is 1.41. The zero-order valence-electron chi connectivity index (χ0n) is 16.0. The molecule has 0 aliphatic rings. The highest BCUT2D eigenvalue weighted by Gasteiger charge is 2.13. The molecule has 1 amide bonds. The van der Waals surface area contributed by atoms with E-state index < -0.39 is 0 Å². The van der Waals surface area contributed by atoms with E-state index in [2.05, 4.69) is 10.3 Å². The van der Waals surface area contributed by atoms with E-state index in [1.54, 1.807) is 19.2 Å². The number of aromatic nitrogens is 2. The molecule has 0 spiro atoms. The van der Waals surface area contributed by atoms with Gasteiger partial charge >= 0.3 is 0 Å². The number of methoxy groups -OCH3 is 1. The first-order valence-corrected chi connectivity index (χ1v) is 9.28. The van der Waals surface area contributed by atoms with Gasteiger partial charge in [-0.25, -0.2) is 4.98 Å². The highest BCUT2D eigenvalue weighted by Crippen LogP contribution is 2.20. The number of benzene rings is 2. The van der Waals surface area contributed by atoms with Gasteiger partial charge in [0.2, 0.25) is 0 Å². The molecule has 6 nitrogen and oxygen atoms in total. The Labute approximate surface area is 168 Å². The lowest BCUT2D eigenvalue weighted by atomic mass is 10.1. The molecule has 29 heavy (non-hydrogen) atoms. The van der Waals surface area contributed by atoms with Gasteiger partial charge in [-0.1, -0.05) is 30.3 Å². The summed E-state index contributed by atoms with van der Waals surface area (Å²) in [4.78, 5) is 17.2. The molecule has 4 aromatic rings. The molecule has 2 aromatic carbocycles. The molecule has 1 N–H and O–H groups in total. The van der Waals surface area contributed by atoms with E-state index in [0.717, 1.165) is 22.7 Å². The maximum absolute atomic E-state index is 12.7. The van der Waals surface area contributed by atoms with Crippen LogP contribution in [0.15, 0.2) is 79.1 Å². The summed E-state index contributed by atoms with van der Waals surface area (Å²) in [7, 11) is 1.62. The number of rotatable bonds is 7. The van der Waals surface area contributed by atoms with Gasteiger partial charge < -0.3 is 19.2 Å². The summed E-state index contributed by atoms with van der Waals surface area (Å²) in [6, 6.07) is 20.6. The van der Waals surface area contributed by atoms with Gasteiger partial charge in [-0.05, 0) is 42.0 Å². The van der Waals surface area contributed by atoms with Crippen LogP contribution in [0.3, 0.4) is 0 Å². The number of nitrogens with one attached hydrogen (secondary N) is 1. The van der Waals surface area contributed by atoms with Crippen LogP contribution in [-0.4, -0.2) is 22.4 Å². The van der Waals surface area contributed by atoms with Crippen LogP contribution in [0.25, 0.3) is 5.65 Å². The number of ether oxygens (including phenoxy) is 2. The molecule has 2 aromatic heterocycles. The summed E-state index contributed by atoms with van der Waals surface area (Å²) < 4.78 is 13.0. The second-order valence-electron chi connectivity index (χ2n) is 6.51. The third-order valence-corrected chi connectivity index (χ3v) is 4.53. The van der Waals surface area contributed by atoms with Gasteiger partial charge in [0.05, 0.1) is 18.4 Å². The van der Waals surface area contributed by atoms with Gasteiger partial charge in [0.25, 0.3) is 5.91 Å². The van der Waals surface area contributed by atoms with Crippen LogP contribution in [-0.2, 0) is 13.2 Å². The molecule has 0 aliphatic heterocycles. The predicted molar refractivity (Wildman–Crippen MR) is 110 cm³/mol. The fourth-order valence-electron chi connectivity index (χ4n) is 3.01. The molecule has 0 saturated heterocycles. The first-order valence-electron chi connectivity index (χ1n) is 9.28. The highest BCUT2D eigenvalue weighted by molar-refractivity contribution is 5.96. The molecule has 146 valence electrons. The summed E-state index contributed by atoms with van der Waals surface area (Å²) in [6.07, 6.45) is 3.86. The minimum absolute atomic E-state index is 0.189. The Morgan fingerprint density at radius 1 is 1.03 bits per heavy atom. The zero-order chi connectivity index (χ0) is 20.1. The topological polar surface area (TPSA) is 64.9 Å². The van der Waals surface area contributed by atoms with Crippen LogP contribution in [0.5, 0.6) is 11.5 Å². The third kappa shape index (κ3) is 4.38. The molecule has 6 heteroatoms. The molecule has 0 fully saturated rings. The number of carbonyl (C=O) groups is 1. The van der Waals surface area contributed by atoms with Crippen molar-refractivity contribution in [1.29, 1.82) is 0 Å². The molecule has 0 unspecified atom stereocenters. The highest BCUT2D eigenvalue weighted by atomic mass is 16.5. The van der Waals surface area contributed by atoms with Crippen LogP contribution < -0.4 is 14.8 Å². The average Bonchev–Trinajstić information content (AvgIpc) is 3.19. The average molecular weight is 387 g/mol. The van der Waals surface area contributed by atoms with Crippen molar-refractivity contribution in [2.75, 3.05) is 7.11 Å². The number of nitrogens with zero attached hydrogens (tertiary/aromatic N) is 2. The molecular formula is C23H21N3O3. The van der Waals surface area contributed by atoms with Gasteiger partial charge in [0.15, 0.2) is 0 Å². The van der Waals surface area contributed by atoms with Gasteiger partial charge in [0, 0.05) is 18.9 Å². The van der Waals surface area contributed by atoms with Crippen molar-refractivity contribution >= 4 is 11.6 Å². The smallest absolute Gasteiger partial charge is 0.255 e. The predicted octanol–water partition coefficient (Wildman–Crippen LogP) is 3.85. The monoisotopic (exact) mass is 387 g/mol. The molecule has 0 saturated carbocycles. The van der Waals surface area contributed by atoms with Crippen molar-refractivity contribution in [1.82, 2.24) is 14.7 Å². The lowest BCUT2D eigenvalue weighted by molar-refractivity contribution is 0.0946. The van der Waals surface area contributed by atoms with Crippen molar-refractivity contribution in [2.24, 2.45) is 0 Å². The van der Waals surface area contributed by atoms with E-state index in [1.165, 1.54) is 0 Å². The lowest BCUT2D eigenvalue weighted by Gasteiger charge is -2.11. The second-order valence-corrected chi connectivity index (χ2v) is 6.51. The van der Waals surface area contributed by atoms with E-state index >= 15 is 0 Å². The maximum atomic E-state index is 12.7. The first-order chi connectivity index (χ1) is 14.2. The fraction of sp³-hybridized carbons (Fsp3) is 0.130. The van der Waals surface area contributed by atoms with Gasteiger partial charge in [-0.2, -0.15) is 0 Å². The lowest BCUT2D eigenvalue weighted by Crippen LogP contribution is -2.23. The number of pyridine rings is 1. The summed E-state index contributed by atoms with van der Waals surface area (Å²) in [5, 5.41) is 2.93. The third-order valence-electron chi connectivity index (χ3n) is 4.53. The van der Waals surface area contributed by atoms with Crippen molar-refractivity contribution in [2.45, 2.75) is 13.2 Å². The zero-order valence-corrected chi connectivity index (χ0v) is 16.0. The van der Waals surface area contributed by atoms with E-state index in [4.69, 9.17) is 9.47 Å². The summed E-state index contributed by atoms with van der Waals surface area (Å²) in [5.74, 6) is 1.12. The van der Waals surface area contributed by atoms with Crippen molar-refractivity contribution < 1.29 is 14.3 Å². The number of hydrogen-bond acceptors (Lipinski definition) is 4. The molecule has 0 aliphatic carbocycles. The molecule has 0 bridgehead atoms. The van der Waals surface area contributed by atoms with Gasteiger partial charge in [-0.3, -0.25) is 4.79 Å². The molecule has 2 heterocycles. The van der Waals surface area contributed by atoms with Gasteiger partial charge in [-0.15, -0.1) is 0 Å². The van der Waals surface area contributed by atoms with E-state index in [0.29, 0.717) is 17.9 Å². The standard InChI is InChI=1S/C23H21N3O3/c1-28-19-11-9-17(10-12-19)14-24-23(27)20-6-2-3-7-21(20)29-16-18-15-26-13-5-4-8-22(26)25-18/h2-13,15H,14,16H2,1H3,(H,24,27). The van der Waals surface area contributed by atoms with Crippen molar-refractivity contribution in [3.05, 3.63) is 95.9 Å². The molecule has 0 radical (unpaired) electrons. The minimum Gasteiger partial charge on any atom is -0.497 e. The minimum atomic E-state index is -0.189. The summed E-state index contributed by atoms with van der Waals surface area (Å²) in [5.41, 5.74) is 3.13. The largest absolute Gasteiger partial charge is 0.497 e. The van der Waals surface area contributed by atoms with E-state index in [1.807, 2.05) is 71.4 Å². The Morgan fingerprint density at radius 2 is 1.83 bits per heavy atom. The number of amides is 1. The second kappa shape index (κ2) is 8.48. The SMILES string of the molecule is COc1ccc(CNC(=O)c2ccccc2OCc2cn3ccccc3n2)cc1. The van der Waals surface area contributed by atoms with Gasteiger partial charge in [0.1, 0.15) is 23.8 Å². The molecular weight excluding hydrogens is 366 g/mol. The number of para-hydroxylation sites is 1. The van der Waals surface area contributed by atoms with Crippen LogP contribution in [0.1, 0.15) is 21.6 Å². The van der Waals surface area contributed by atoms with Crippen molar-refractivity contribution in [3.8, 4) is 11.5 Å². The Morgan fingerprint density at radius 3 is 2.62 bits per heavy atom.